The fourth-order valence-electron chi connectivity index (χ4n) is 7.53. The molecule has 8 nitrogen and oxygen atoms in total. The van der Waals surface area contributed by atoms with Crippen LogP contribution in [0.2, 0.25) is 0 Å². The smallest absolute Gasteiger partial charge is 0.204 e. The summed E-state index contributed by atoms with van der Waals surface area (Å²) in [5.41, 5.74) is 7.33. The van der Waals surface area contributed by atoms with E-state index in [0.717, 1.165) is 61.4 Å². The van der Waals surface area contributed by atoms with Crippen molar-refractivity contribution in [1.29, 1.82) is 0 Å². The second-order valence-corrected chi connectivity index (χ2v) is 12.8. The molecule has 2 unspecified atom stereocenters. The summed E-state index contributed by atoms with van der Waals surface area (Å²) in [7, 11) is 11.3. The van der Waals surface area contributed by atoms with Crippen molar-refractivity contribution >= 4 is 0 Å². The number of methoxy groups -OCH3 is 4. The minimum absolute atomic E-state index is 0.0879. The third kappa shape index (κ3) is 5.39. The second-order valence-electron chi connectivity index (χ2n) is 12.8. The zero-order valence-corrected chi connectivity index (χ0v) is 27.6. The maximum atomic E-state index is 7.05. The fraction of sp³-hybridized carbons (Fsp3) is 0.368. The van der Waals surface area contributed by atoms with Crippen LogP contribution in [-0.4, -0.2) is 55.6 Å². The number of hydrogen-bond donors (Lipinski definition) is 2. The lowest BCUT2D eigenvalue weighted by Gasteiger charge is -2.35. The summed E-state index contributed by atoms with van der Waals surface area (Å²) in [4.78, 5) is 2.87. The lowest BCUT2D eigenvalue weighted by atomic mass is 9.87. The van der Waals surface area contributed by atoms with Crippen LogP contribution >= 0.6 is 0 Å². The first-order chi connectivity index (χ1) is 22.4. The van der Waals surface area contributed by atoms with Gasteiger partial charge in [-0.25, -0.2) is 0 Å². The largest absolute Gasteiger partial charge is 0.493 e. The van der Waals surface area contributed by atoms with Crippen LogP contribution in [0, 0.1) is 0 Å². The molecule has 2 N–H and O–H groups in total. The van der Waals surface area contributed by atoms with Crippen molar-refractivity contribution in [2.24, 2.45) is 0 Å². The average Bonchev–Trinajstić information content (AvgIpc) is 3.07. The van der Waals surface area contributed by atoms with Crippen molar-refractivity contribution < 1.29 is 38.2 Å². The van der Waals surface area contributed by atoms with E-state index in [1.165, 1.54) is 32.1 Å². The van der Waals surface area contributed by atoms with Gasteiger partial charge in [-0.15, -0.1) is 0 Å². The molecule has 4 aromatic rings. The Morgan fingerprint density at radius 2 is 1.24 bits per heavy atom. The highest BCUT2D eigenvalue weighted by atomic mass is 16.5. The van der Waals surface area contributed by atoms with Crippen molar-refractivity contribution in [3.05, 3.63) is 94.0 Å². The van der Waals surface area contributed by atoms with E-state index in [-0.39, 0.29) is 12.1 Å². The summed E-state index contributed by atoms with van der Waals surface area (Å²) < 4.78 is 37.2. The van der Waals surface area contributed by atoms with Crippen molar-refractivity contribution in [2.45, 2.75) is 37.8 Å². The SMILES string of the molecule is COc1ccc2cc1Oc1ccc(cc1)C[C@H]1c3cc(c(OC)cc3CC[NH+]1C)Oc1c(OC)c(OC)cc3c1[C@H](C2)[NH+](C)CC3. The van der Waals surface area contributed by atoms with Crippen LogP contribution in [0.4, 0.5) is 0 Å². The molecule has 240 valence electrons. The number of rotatable bonds is 4. The molecule has 8 heteroatoms. The van der Waals surface area contributed by atoms with Crippen molar-refractivity contribution in [3.8, 4) is 46.0 Å². The molecule has 0 saturated carbocycles. The molecule has 0 aliphatic carbocycles. The van der Waals surface area contributed by atoms with Gasteiger partial charge < -0.3 is 38.2 Å². The molecule has 4 aliphatic heterocycles. The van der Waals surface area contributed by atoms with E-state index in [1.54, 1.807) is 28.4 Å². The lowest BCUT2D eigenvalue weighted by Crippen LogP contribution is -3.10. The topological polar surface area (TPSA) is 64.3 Å². The van der Waals surface area contributed by atoms with Gasteiger partial charge in [-0.3, -0.25) is 0 Å². The Balaban J connectivity index is 1.47. The summed E-state index contributed by atoms with van der Waals surface area (Å²) in [6.45, 7) is 2.03. The number of hydrogen-bond acceptors (Lipinski definition) is 6. The highest BCUT2D eigenvalue weighted by molar-refractivity contribution is 5.63. The number of benzene rings is 4. The zero-order valence-electron chi connectivity index (χ0n) is 27.6. The maximum Gasteiger partial charge on any atom is 0.204 e. The molecular weight excluding hydrogens is 580 g/mol. The molecule has 0 aromatic heterocycles. The Hall–Kier alpha value is -4.40. The molecule has 0 amide bonds. The maximum absolute atomic E-state index is 7.05. The van der Waals surface area contributed by atoms with Crippen molar-refractivity contribution in [1.82, 2.24) is 0 Å². The van der Waals surface area contributed by atoms with E-state index in [4.69, 9.17) is 28.4 Å². The first kappa shape index (κ1) is 30.3. The average molecular weight is 625 g/mol. The van der Waals surface area contributed by atoms with Crippen LogP contribution in [0.25, 0.3) is 0 Å². The highest BCUT2D eigenvalue weighted by Crippen LogP contribution is 2.49. The number of ether oxygens (including phenoxy) is 6. The van der Waals surface area contributed by atoms with Gasteiger partial charge in [-0.1, -0.05) is 18.2 Å². The van der Waals surface area contributed by atoms with E-state index < -0.39 is 0 Å². The highest BCUT2D eigenvalue weighted by Gasteiger charge is 2.37. The van der Waals surface area contributed by atoms with Gasteiger partial charge in [0.15, 0.2) is 34.5 Å². The Kier molecular flexibility index (Phi) is 8.17. The van der Waals surface area contributed by atoms with Gasteiger partial charge in [0.05, 0.1) is 61.2 Å². The molecule has 4 aromatic carbocycles. The molecule has 4 atom stereocenters. The van der Waals surface area contributed by atoms with Gasteiger partial charge in [0.25, 0.3) is 0 Å². The van der Waals surface area contributed by atoms with Gasteiger partial charge in [-0.05, 0) is 64.7 Å². The Labute approximate surface area is 271 Å². The van der Waals surface area contributed by atoms with Gasteiger partial charge >= 0.3 is 0 Å². The summed E-state index contributed by atoms with van der Waals surface area (Å²) in [5.74, 6) is 5.54. The molecule has 0 spiro atoms. The third-order valence-corrected chi connectivity index (χ3v) is 10.1. The molecule has 6 bridgehead atoms. The molecule has 4 heterocycles. The first-order valence-electron chi connectivity index (χ1n) is 16.1. The van der Waals surface area contributed by atoms with E-state index in [0.29, 0.717) is 34.5 Å². The summed E-state index contributed by atoms with van der Waals surface area (Å²) in [5, 5.41) is 0. The van der Waals surface area contributed by atoms with Crippen LogP contribution in [0.3, 0.4) is 0 Å². The number of likely N-dealkylation sites (N-methyl/N-ethyl adjacent to an activating group) is 2. The molecule has 0 fully saturated rings. The van der Waals surface area contributed by atoms with Crippen LogP contribution in [0.15, 0.2) is 60.7 Å². The van der Waals surface area contributed by atoms with Gasteiger partial charge in [0.2, 0.25) is 5.75 Å². The van der Waals surface area contributed by atoms with Crippen LogP contribution < -0.4 is 38.2 Å². The number of nitrogens with one attached hydrogen (secondary N) is 2. The van der Waals surface area contributed by atoms with Crippen LogP contribution in [-0.2, 0) is 25.7 Å². The van der Waals surface area contributed by atoms with E-state index >= 15 is 0 Å². The van der Waals surface area contributed by atoms with Gasteiger partial charge in [-0.2, -0.15) is 0 Å². The predicted molar refractivity (Wildman–Crippen MR) is 176 cm³/mol. The van der Waals surface area contributed by atoms with E-state index in [2.05, 4.69) is 68.7 Å². The standard InChI is InChI=1S/C38H42N2O6/c1-39-15-13-25-20-32(42-4)34-22-28(25)29(39)17-23-7-10-27(11-8-23)45-33-19-24(9-12-31(33)41-3)18-30-36-26(14-16-40(30)2)21-35(43-5)37(44-6)38(36)46-34/h7-12,19-22,29-30H,13-18H2,1-6H3/p+2/t29-,30-/m0/s1. The van der Waals surface area contributed by atoms with Crippen molar-refractivity contribution in [2.75, 3.05) is 55.6 Å². The number of quaternary nitrogens is 2. The fourth-order valence-corrected chi connectivity index (χ4v) is 7.53. The minimum Gasteiger partial charge on any atom is -0.493 e. The van der Waals surface area contributed by atoms with E-state index in [1.807, 2.05) is 6.07 Å². The molecule has 0 saturated heterocycles. The van der Waals surface area contributed by atoms with Crippen LogP contribution in [0.5, 0.6) is 46.0 Å². The van der Waals surface area contributed by atoms with Gasteiger partial charge in [0, 0.05) is 31.2 Å². The molecular formula is C38H44N2O6+2. The lowest BCUT2D eigenvalue weighted by molar-refractivity contribution is -0.914. The molecule has 0 radical (unpaired) electrons. The summed E-state index contributed by atoms with van der Waals surface area (Å²) in [6.07, 6.45) is 3.53. The second kappa shape index (κ2) is 12.4. The Bertz CT molecular complexity index is 1750. The monoisotopic (exact) mass is 624 g/mol. The quantitative estimate of drug-likeness (QED) is 0.353. The van der Waals surface area contributed by atoms with E-state index in [9.17, 15) is 0 Å². The molecule has 8 rings (SSSR count). The molecule has 4 aliphatic rings. The predicted octanol–water partition coefficient (Wildman–Crippen LogP) is 4.33. The third-order valence-electron chi connectivity index (χ3n) is 10.1. The Morgan fingerprint density at radius 1 is 0.609 bits per heavy atom. The summed E-state index contributed by atoms with van der Waals surface area (Å²) in [6, 6.07) is 21.5. The van der Waals surface area contributed by atoms with Crippen molar-refractivity contribution in [3.63, 3.8) is 0 Å². The summed E-state index contributed by atoms with van der Waals surface area (Å²) >= 11 is 0. The minimum atomic E-state index is 0.0879. The zero-order chi connectivity index (χ0) is 31.9. The number of fused-ring (bicyclic) bond motifs is 2. The first-order valence-corrected chi connectivity index (χ1v) is 16.1. The van der Waals surface area contributed by atoms with Crippen LogP contribution in [0.1, 0.15) is 45.5 Å². The van der Waals surface area contributed by atoms with Gasteiger partial charge in [0.1, 0.15) is 17.8 Å². The molecule has 46 heavy (non-hydrogen) atoms. The Morgan fingerprint density at radius 3 is 1.96 bits per heavy atom. The normalized spacial score (nSPS) is 21.5.